The molecule has 2 atom stereocenters. The van der Waals surface area contributed by atoms with E-state index in [0.29, 0.717) is 17.9 Å². The van der Waals surface area contributed by atoms with E-state index in [9.17, 15) is 8.78 Å². The third-order valence-electron chi connectivity index (χ3n) is 3.72. The normalized spacial score (nSPS) is 36.6. The average Bonchev–Trinajstić information content (AvgIpc) is 1.92. The Morgan fingerprint density at radius 3 is 2.21 bits per heavy atom. The van der Waals surface area contributed by atoms with Crippen LogP contribution in [-0.2, 0) is 0 Å². The van der Waals surface area contributed by atoms with Gasteiger partial charge < -0.3 is 5.32 Å². The van der Waals surface area contributed by atoms with Crippen molar-refractivity contribution >= 4 is 0 Å². The van der Waals surface area contributed by atoms with Gasteiger partial charge in [0.05, 0.1) is 0 Å². The Morgan fingerprint density at radius 1 is 1.21 bits per heavy atom. The van der Waals surface area contributed by atoms with Crippen LogP contribution < -0.4 is 5.32 Å². The van der Waals surface area contributed by atoms with Crippen LogP contribution in [-0.4, -0.2) is 18.0 Å². The maximum Gasteiger partial charge on any atom is 0.251 e. The molecule has 14 heavy (non-hydrogen) atoms. The Morgan fingerprint density at radius 2 is 1.86 bits per heavy atom. The van der Waals surface area contributed by atoms with Gasteiger partial charge in [0, 0.05) is 24.9 Å². The van der Waals surface area contributed by atoms with Gasteiger partial charge in [0.25, 0.3) is 5.92 Å². The van der Waals surface area contributed by atoms with Crippen molar-refractivity contribution in [3.63, 3.8) is 0 Å². The molecule has 0 amide bonds. The third-order valence-corrected chi connectivity index (χ3v) is 3.72. The van der Waals surface area contributed by atoms with E-state index in [0.717, 1.165) is 0 Å². The molecule has 0 aliphatic heterocycles. The highest BCUT2D eigenvalue weighted by molar-refractivity contribution is 4.97. The van der Waals surface area contributed by atoms with Crippen LogP contribution in [0.2, 0.25) is 0 Å². The molecule has 2 aliphatic carbocycles. The second kappa shape index (κ2) is 3.44. The molecule has 2 aliphatic rings. The minimum absolute atomic E-state index is 0.0499. The highest BCUT2D eigenvalue weighted by atomic mass is 19.3. The molecule has 1 N–H and O–H groups in total. The number of rotatable bonds is 3. The van der Waals surface area contributed by atoms with Crippen molar-refractivity contribution in [1.82, 2.24) is 5.32 Å². The molecule has 0 aromatic heterocycles. The lowest BCUT2D eigenvalue weighted by molar-refractivity contribution is -0.0994. The predicted octanol–water partition coefficient (Wildman–Crippen LogP) is 2.81. The molecule has 0 heterocycles. The van der Waals surface area contributed by atoms with E-state index < -0.39 is 5.92 Å². The van der Waals surface area contributed by atoms with E-state index in [1.54, 1.807) is 0 Å². The first-order chi connectivity index (χ1) is 6.48. The summed E-state index contributed by atoms with van der Waals surface area (Å²) in [5, 5.41) is 3.36. The van der Waals surface area contributed by atoms with Gasteiger partial charge in [-0.1, -0.05) is 13.8 Å². The summed E-state index contributed by atoms with van der Waals surface area (Å²) >= 11 is 0. The second-order valence-corrected chi connectivity index (χ2v) is 5.22. The van der Waals surface area contributed by atoms with Crippen molar-refractivity contribution in [2.75, 3.05) is 0 Å². The van der Waals surface area contributed by atoms with Gasteiger partial charge in [0.2, 0.25) is 0 Å². The Labute approximate surface area is 84.3 Å². The van der Waals surface area contributed by atoms with Gasteiger partial charge in [-0.05, 0) is 24.7 Å². The first kappa shape index (κ1) is 10.3. The SMILES string of the molecule is CC(C)C1CCC1NC1CC(F)(F)C1. The van der Waals surface area contributed by atoms with Crippen molar-refractivity contribution < 1.29 is 8.78 Å². The molecular formula is C11H19F2N. The quantitative estimate of drug-likeness (QED) is 0.743. The van der Waals surface area contributed by atoms with Gasteiger partial charge in [-0.25, -0.2) is 8.78 Å². The Balaban J connectivity index is 1.72. The zero-order valence-corrected chi connectivity index (χ0v) is 8.89. The Hall–Kier alpha value is -0.180. The molecule has 3 heteroatoms. The lowest BCUT2D eigenvalue weighted by Gasteiger charge is -2.46. The van der Waals surface area contributed by atoms with E-state index in [1.807, 2.05) is 0 Å². The fraction of sp³-hybridized carbons (Fsp3) is 1.00. The molecule has 0 spiro atoms. The number of nitrogens with one attached hydrogen (secondary N) is 1. The first-order valence-electron chi connectivity index (χ1n) is 5.62. The molecule has 2 fully saturated rings. The van der Waals surface area contributed by atoms with Gasteiger partial charge in [-0.2, -0.15) is 0 Å². The van der Waals surface area contributed by atoms with Crippen LogP contribution in [0.3, 0.4) is 0 Å². The highest BCUT2D eigenvalue weighted by Crippen LogP contribution is 2.40. The molecule has 82 valence electrons. The van der Waals surface area contributed by atoms with E-state index >= 15 is 0 Å². The number of hydrogen-bond donors (Lipinski definition) is 1. The van der Waals surface area contributed by atoms with Crippen molar-refractivity contribution in [2.45, 2.75) is 57.5 Å². The molecule has 1 nitrogen and oxygen atoms in total. The zero-order valence-electron chi connectivity index (χ0n) is 8.89. The average molecular weight is 203 g/mol. The van der Waals surface area contributed by atoms with Gasteiger partial charge in [-0.3, -0.25) is 0 Å². The lowest BCUT2D eigenvalue weighted by atomic mass is 9.71. The van der Waals surface area contributed by atoms with Gasteiger partial charge in [-0.15, -0.1) is 0 Å². The Kier molecular flexibility index (Phi) is 2.54. The predicted molar refractivity (Wildman–Crippen MR) is 52.5 cm³/mol. The summed E-state index contributed by atoms with van der Waals surface area (Å²) in [6, 6.07) is 0.590. The summed E-state index contributed by atoms with van der Waals surface area (Å²) in [7, 11) is 0. The Bertz CT molecular complexity index is 207. The molecule has 2 rings (SSSR count). The van der Waals surface area contributed by atoms with Crippen LogP contribution in [0.25, 0.3) is 0 Å². The fourth-order valence-electron chi connectivity index (χ4n) is 2.61. The summed E-state index contributed by atoms with van der Waals surface area (Å²) in [4.78, 5) is 0. The molecule has 0 aromatic rings. The second-order valence-electron chi connectivity index (χ2n) is 5.22. The maximum absolute atomic E-state index is 12.6. The summed E-state index contributed by atoms with van der Waals surface area (Å²) in [5.74, 6) is -0.986. The molecule has 0 saturated heterocycles. The number of halogens is 2. The number of hydrogen-bond acceptors (Lipinski definition) is 1. The lowest BCUT2D eigenvalue weighted by Crippen LogP contribution is -2.57. The van der Waals surface area contributed by atoms with Crippen LogP contribution in [0.1, 0.15) is 39.5 Å². The van der Waals surface area contributed by atoms with E-state index in [4.69, 9.17) is 0 Å². The molecule has 2 saturated carbocycles. The van der Waals surface area contributed by atoms with Gasteiger partial charge in [0.15, 0.2) is 0 Å². The molecular weight excluding hydrogens is 184 g/mol. The first-order valence-corrected chi connectivity index (χ1v) is 5.62. The van der Waals surface area contributed by atoms with Crippen LogP contribution in [0.15, 0.2) is 0 Å². The van der Waals surface area contributed by atoms with Gasteiger partial charge in [0.1, 0.15) is 0 Å². The van der Waals surface area contributed by atoms with Crippen molar-refractivity contribution in [1.29, 1.82) is 0 Å². The van der Waals surface area contributed by atoms with Crippen LogP contribution in [0.4, 0.5) is 8.78 Å². The molecule has 0 bridgehead atoms. The third kappa shape index (κ3) is 1.92. The van der Waals surface area contributed by atoms with Crippen molar-refractivity contribution in [3.8, 4) is 0 Å². The van der Waals surface area contributed by atoms with Crippen LogP contribution >= 0.6 is 0 Å². The van der Waals surface area contributed by atoms with Crippen molar-refractivity contribution in [3.05, 3.63) is 0 Å². The van der Waals surface area contributed by atoms with E-state index in [2.05, 4.69) is 19.2 Å². The minimum atomic E-state index is -2.38. The smallest absolute Gasteiger partial charge is 0.251 e. The summed E-state index contributed by atoms with van der Waals surface area (Å²) in [6.07, 6.45) is 2.53. The topological polar surface area (TPSA) is 12.0 Å². The number of alkyl halides is 2. The standard InChI is InChI=1S/C11H19F2N/c1-7(2)9-3-4-10(9)14-8-5-11(12,13)6-8/h7-10,14H,3-6H2,1-2H3. The fourth-order valence-corrected chi connectivity index (χ4v) is 2.61. The highest BCUT2D eigenvalue weighted by Gasteiger charge is 2.47. The largest absolute Gasteiger partial charge is 0.310 e. The maximum atomic E-state index is 12.6. The van der Waals surface area contributed by atoms with E-state index in [-0.39, 0.29) is 18.9 Å². The van der Waals surface area contributed by atoms with Crippen LogP contribution in [0, 0.1) is 11.8 Å². The summed E-state index contributed by atoms with van der Waals surface area (Å²) in [6.45, 7) is 4.43. The summed E-state index contributed by atoms with van der Waals surface area (Å²) in [5.41, 5.74) is 0. The van der Waals surface area contributed by atoms with Crippen LogP contribution in [0.5, 0.6) is 0 Å². The molecule has 0 aromatic carbocycles. The molecule has 0 radical (unpaired) electrons. The summed E-state index contributed by atoms with van der Waals surface area (Å²) < 4.78 is 25.2. The van der Waals surface area contributed by atoms with Gasteiger partial charge >= 0.3 is 0 Å². The van der Waals surface area contributed by atoms with Crippen molar-refractivity contribution in [2.24, 2.45) is 11.8 Å². The molecule has 2 unspecified atom stereocenters. The van der Waals surface area contributed by atoms with E-state index in [1.165, 1.54) is 12.8 Å². The monoisotopic (exact) mass is 203 g/mol. The zero-order chi connectivity index (χ0) is 10.3. The minimum Gasteiger partial charge on any atom is -0.310 e.